The van der Waals surface area contributed by atoms with Crippen LogP contribution in [0.3, 0.4) is 0 Å². The number of nitrogens with one attached hydrogen (secondary N) is 1. The molecule has 9 heteroatoms. The van der Waals surface area contributed by atoms with E-state index >= 15 is 0 Å². The van der Waals surface area contributed by atoms with Crippen LogP contribution in [0.2, 0.25) is 0 Å². The van der Waals surface area contributed by atoms with Crippen LogP contribution >= 0.6 is 11.3 Å². The Labute approximate surface area is 201 Å². The van der Waals surface area contributed by atoms with Gasteiger partial charge < -0.3 is 11.1 Å². The van der Waals surface area contributed by atoms with Crippen molar-refractivity contribution in [3.05, 3.63) is 47.7 Å². The topological polar surface area (TPSA) is 103 Å². The van der Waals surface area contributed by atoms with Crippen molar-refractivity contribution in [2.24, 2.45) is 17.8 Å². The third-order valence-electron chi connectivity index (χ3n) is 8.75. The molecule has 3 fully saturated rings. The van der Waals surface area contributed by atoms with Crippen LogP contribution in [0.25, 0.3) is 21.1 Å². The predicted octanol–water partition coefficient (Wildman–Crippen LogP) is 4.87. The van der Waals surface area contributed by atoms with Gasteiger partial charge in [0.15, 0.2) is 5.13 Å². The Kier molecular flexibility index (Phi) is 3.76. The minimum atomic E-state index is -3.41. The number of anilines is 2. The Morgan fingerprint density at radius 3 is 2.79 bits per heavy atom. The van der Waals surface area contributed by atoms with Crippen molar-refractivity contribution in [3.63, 3.8) is 0 Å². The van der Waals surface area contributed by atoms with Crippen LogP contribution in [0.1, 0.15) is 55.2 Å². The first-order chi connectivity index (χ1) is 16.5. The Balaban J connectivity index is 1.30. The third-order valence-corrected chi connectivity index (χ3v) is 11.7. The number of nitrogens with two attached hydrogens (primary N) is 1. The summed E-state index contributed by atoms with van der Waals surface area (Å²) in [5, 5.41) is 9.62. The molecule has 5 atom stereocenters. The number of hydrogen-bond acceptors (Lipinski definition) is 7. The second-order valence-corrected chi connectivity index (χ2v) is 13.6. The van der Waals surface area contributed by atoms with E-state index in [-0.39, 0.29) is 11.3 Å². The molecule has 0 saturated heterocycles. The number of hydrogen-bond donors (Lipinski definition) is 2. The number of nitrogens with zero attached hydrogens (tertiary/aromatic N) is 3. The summed E-state index contributed by atoms with van der Waals surface area (Å²) in [5.41, 5.74) is 11.3. The largest absolute Gasteiger partial charge is 0.378 e. The smallest absolute Gasteiger partial charge is 0.257 e. The van der Waals surface area contributed by atoms with E-state index in [2.05, 4.69) is 39.7 Å². The van der Waals surface area contributed by atoms with Crippen molar-refractivity contribution in [2.45, 2.75) is 49.3 Å². The average Bonchev–Trinajstić information content (AvgIpc) is 3.17. The highest BCUT2D eigenvalue weighted by Gasteiger charge is 2.54. The molecule has 2 unspecified atom stereocenters. The lowest BCUT2D eigenvalue weighted by molar-refractivity contribution is 0.249. The van der Waals surface area contributed by atoms with Gasteiger partial charge in [0.05, 0.1) is 33.2 Å². The lowest BCUT2D eigenvalue weighted by atomic mass is 9.67. The normalized spacial score (nSPS) is 29.9. The van der Waals surface area contributed by atoms with Crippen LogP contribution in [0.4, 0.5) is 10.8 Å². The lowest BCUT2D eigenvalue weighted by Gasteiger charge is -2.43. The van der Waals surface area contributed by atoms with Crippen LogP contribution in [0.5, 0.6) is 0 Å². The molecule has 7 nitrogen and oxygen atoms in total. The van der Waals surface area contributed by atoms with Crippen LogP contribution in [-0.4, -0.2) is 27.8 Å². The maximum Gasteiger partial charge on any atom is 0.257 e. The number of thiazole rings is 1. The summed E-state index contributed by atoms with van der Waals surface area (Å²) in [4.78, 5) is 4.43. The van der Waals surface area contributed by atoms with Gasteiger partial charge in [0.2, 0.25) is 0 Å². The monoisotopic (exact) mass is 491 g/mol. The molecule has 174 valence electrons. The zero-order chi connectivity index (χ0) is 22.8. The fraction of sp³-hybridized carbons (Fsp3) is 0.440. The fourth-order valence-corrected chi connectivity index (χ4v) is 9.67. The Morgan fingerprint density at radius 2 is 1.94 bits per heavy atom. The molecule has 0 spiro atoms. The molecule has 0 amide bonds. The van der Waals surface area contributed by atoms with Gasteiger partial charge in [0, 0.05) is 11.1 Å². The van der Waals surface area contributed by atoms with Gasteiger partial charge in [0.1, 0.15) is 0 Å². The second-order valence-electron chi connectivity index (χ2n) is 10.5. The maximum atomic E-state index is 13.0. The fourth-order valence-electron chi connectivity index (χ4n) is 7.26. The number of rotatable bonds is 3. The molecule has 1 aliphatic heterocycles. The molecule has 2 bridgehead atoms. The Morgan fingerprint density at radius 1 is 1.09 bits per heavy atom. The summed E-state index contributed by atoms with van der Waals surface area (Å²) >= 11 is 1.54. The van der Waals surface area contributed by atoms with E-state index in [0.29, 0.717) is 28.8 Å². The highest BCUT2D eigenvalue weighted by molar-refractivity contribution is 7.90. The standard InChI is InChI=1S/C25H25N5O2S2/c26-25-29-17-6-3-14(10-20(17)33-25)24-22-13-2-1-12(9-13)21(22)23-16-11-27-30(34(31,32)15-4-5-15)19(16)8-7-18(23)28-24/h3,6-8,10-13,15,21-22,24,28H,1-2,4-5,9H2,(H2,26,29)/t12?,13?,21-,22+,24-/m0/s1. The summed E-state index contributed by atoms with van der Waals surface area (Å²) in [7, 11) is -3.41. The zero-order valence-electron chi connectivity index (χ0n) is 18.5. The molecular weight excluding hydrogens is 466 g/mol. The van der Waals surface area contributed by atoms with Crippen molar-refractivity contribution in [3.8, 4) is 0 Å². The lowest BCUT2D eigenvalue weighted by Crippen LogP contribution is -2.35. The minimum absolute atomic E-state index is 0.225. The molecule has 8 rings (SSSR count). The van der Waals surface area contributed by atoms with E-state index in [0.717, 1.165) is 39.6 Å². The maximum absolute atomic E-state index is 13.0. The first kappa shape index (κ1) is 19.6. The van der Waals surface area contributed by atoms with Gasteiger partial charge in [-0.05, 0) is 91.2 Å². The van der Waals surface area contributed by atoms with E-state index in [1.807, 2.05) is 6.07 Å². The molecule has 3 aliphatic carbocycles. The average molecular weight is 492 g/mol. The van der Waals surface area contributed by atoms with Crippen LogP contribution in [-0.2, 0) is 10.0 Å². The highest BCUT2D eigenvalue weighted by Crippen LogP contribution is 2.64. The second kappa shape index (κ2) is 6.51. The van der Waals surface area contributed by atoms with E-state index < -0.39 is 10.0 Å². The number of benzene rings is 2. The van der Waals surface area contributed by atoms with Gasteiger partial charge in [-0.2, -0.15) is 9.19 Å². The summed E-state index contributed by atoms with van der Waals surface area (Å²) in [6, 6.07) is 10.8. The minimum Gasteiger partial charge on any atom is -0.378 e. The quantitative estimate of drug-likeness (QED) is 0.424. The van der Waals surface area contributed by atoms with Crippen LogP contribution in [0.15, 0.2) is 36.5 Å². The van der Waals surface area contributed by atoms with Crippen LogP contribution < -0.4 is 11.1 Å². The van der Waals surface area contributed by atoms with Gasteiger partial charge in [-0.3, -0.25) is 0 Å². The first-order valence-electron chi connectivity index (χ1n) is 12.2. The molecule has 3 heterocycles. The molecule has 2 aromatic carbocycles. The van der Waals surface area contributed by atoms with E-state index in [1.54, 1.807) is 17.5 Å². The summed E-state index contributed by atoms with van der Waals surface area (Å²) < 4.78 is 28.5. The molecule has 34 heavy (non-hydrogen) atoms. The van der Waals surface area contributed by atoms with Crippen LogP contribution in [0, 0.1) is 17.8 Å². The number of aromatic nitrogens is 3. The van der Waals surface area contributed by atoms with Gasteiger partial charge in [-0.1, -0.05) is 17.4 Å². The van der Waals surface area contributed by atoms with Crippen molar-refractivity contribution >= 4 is 53.3 Å². The molecular formula is C25H25N5O2S2. The Hall–Kier alpha value is -2.65. The summed E-state index contributed by atoms with van der Waals surface area (Å²) in [6.07, 6.45) is 7.07. The van der Waals surface area contributed by atoms with E-state index in [9.17, 15) is 8.42 Å². The summed E-state index contributed by atoms with van der Waals surface area (Å²) in [5.74, 6) is 2.24. The van der Waals surface area contributed by atoms with E-state index in [4.69, 9.17) is 5.73 Å². The molecule has 3 N–H and O–H groups in total. The van der Waals surface area contributed by atoms with Gasteiger partial charge in [-0.15, -0.1) is 0 Å². The molecule has 4 aliphatic rings. The SMILES string of the molecule is Nc1nc2ccc([C@@H]3Nc4ccc5c(cnn5S(=O)(=O)C5CC5)c4[C@H]4C5CCC(C5)[C@@H]34)cc2s1. The van der Waals surface area contributed by atoms with Crippen molar-refractivity contribution in [1.29, 1.82) is 0 Å². The van der Waals surface area contributed by atoms with Crippen molar-refractivity contribution in [2.75, 3.05) is 11.1 Å². The third kappa shape index (κ3) is 2.54. The van der Waals surface area contributed by atoms with Gasteiger partial charge >= 0.3 is 0 Å². The zero-order valence-corrected chi connectivity index (χ0v) is 20.1. The van der Waals surface area contributed by atoms with E-state index in [1.165, 1.54) is 34.5 Å². The highest BCUT2D eigenvalue weighted by atomic mass is 32.2. The van der Waals surface area contributed by atoms with Crippen molar-refractivity contribution in [1.82, 2.24) is 14.2 Å². The predicted molar refractivity (Wildman–Crippen MR) is 135 cm³/mol. The number of fused-ring (bicyclic) bond motifs is 10. The molecule has 0 radical (unpaired) electrons. The summed E-state index contributed by atoms with van der Waals surface area (Å²) in [6.45, 7) is 0. The molecule has 2 aromatic heterocycles. The first-order valence-corrected chi connectivity index (χ1v) is 14.5. The van der Waals surface area contributed by atoms with Crippen molar-refractivity contribution < 1.29 is 8.42 Å². The number of nitrogen functional groups attached to an aromatic ring is 1. The van der Waals surface area contributed by atoms with Gasteiger partial charge in [0.25, 0.3) is 10.0 Å². The molecule has 3 saturated carbocycles. The molecule has 4 aromatic rings. The Bertz CT molecular complexity index is 1600. The van der Waals surface area contributed by atoms with Gasteiger partial charge in [-0.25, -0.2) is 13.4 Å².